The highest BCUT2D eigenvalue weighted by atomic mass is 16.5. The van der Waals surface area contributed by atoms with E-state index in [1.807, 2.05) is 12.1 Å². The molecule has 2 heteroatoms. The van der Waals surface area contributed by atoms with E-state index in [4.69, 9.17) is 0 Å². The van der Waals surface area contributed by atoms with E-state index in [0.29, 0.717) is 13.1 Å². The molecule has 0 radical (unpaired) electrons. The molecular weight excluding hydrogens is 174 g/mol. The first-order valence-corrected chi connectivity index (χ1v) is 5.37. The van der Waals surface area contributed by atoms with Gasteiger partial charge in [0, 0.05) is 11.1 Å². The van der Waals surface area contributed by atoms with Crippen LogP contribution >= 0.6 is 0 Å². The van der Waals surface area contributed by atoms with Crippen molar-refractivity contribution in [2.75, 3.05) is 6.54 Å². The summed E-state index contributed by atoms with van der Waals surface area (Å²) in [5, 5.41) is 12.3. The molecule has 0 fully saturated rings. The van der Waals surface area contributed by atoms with E-state index in [2.05, 4.69) is 19.1 Å². The molecule has 0 saturated carbocycles. The van der Waals surface area contributed by atoms with Crippen LogP contribution in [0.4, 0.5) is 0 Å². The monoisotopic (exact) mass is 191 g/mol. The van der Waals surface area contributed by atoms with Crippen molar-refractivity contribution >= 4 is 0 Å². The molecule has 0 unspecified atom stereocenters. The minimum absolute atomic E-state index is 0.0345. The predicted octanol–water partition coefficient (Wildman–Crippen LogP) is 2.81. The van der Waals surface area contributed by atoms with Gasteiger partial charge in [-0.25, -0.2) is 0 Å². The molecule has 1 aliphatic rings. The summed E-state index contributed by atoms with van der Waals surface area (Å²) < 4.78 is -0.0345. The fourth-order valence-corrected chi connectivity index (χ4v) is 2.15. The highest BCUT2D eigenvalue weighted by Crippen LogP contribution is 2.29. The van der Waals surface area contributed by atoms with Crippen molar-refractivity contribution in [3.8, 4) is 0 Å². The Morgan fingerprint density at radius 1 is 1.21 bits per heavy atom. The third-order valence-electron chi connectivity index (χ3n) is 2.95. The average Bonchev–Trinajstić information content (AvgIpc) is 2.51. The minimum Gasteiger partial charge on any atom is -0.632 e. The van der Waals surface area contributed by atoms with E-state index in [9.17, 15) is 5.21 Å². The van der Waals surface area contributed by atoms with Gasteiger partial charge in [-0.15, -0.1) is 0 Å². The van der Waals surface area contributed by atoms with E-state index < -0.39 is 0 Å². The van der Waals surface area contributed by atoms with Crippen molar-refractivity contribution in [1.82, 2.24) is 0 Å². The Morgan fingerprint density at radius 3 is 2.29 bits per heavy atom. The number of hydrogen-bond acceptors (Lipinski definition) is 1. The third-order valence-corrected chi connectivity index (χ3v) is 2.95. The molecule has 0 amide bonds. The molecule has 1 aromatic rings. The first kappa shape index (κ1) is 9.69. The summed E-state index contributed by atoms with van der Waals surface area (Å²) in [5.41, 5.74) is 2.50. The Hall–Kier alpha value is -0.860. The first-order valence-electron chi connectivity index (χ1n) is 5.37. The molecular formula is C12H17NO. The summed E-state index contributed by atoms with van der Waals surface area (Å²) in [6, 6.07) is 8.21. The lowest BCUT2D eigenvalue weighted by molar-refractivity contribution is -0.900. The van der Waals surface area contributed by atoms with Gasteiger partial charge in [0.1, 0.15) is 13.1 Å². The van der Waals surface area contributed by atoms with Gasteiger partial charge in [0.2, 0.25) is 0 Å². The van der Waals surface area contributed by atoms with Crippen LogP contribution in [0.2, 0.25) is 0 Å². The number of rotatable bonds is 3. The second kappa shape index (κ2) is 3.71. The molecule has 0 N–H and O–H groups in total. The van der Waals surface area contributed by atoms with Gasteiger partial charge in [-0.1, -0.05) is 37.6 Å². The van der Waals surface area contributed by atoms with Gasteiger partial charge in [0.15, 0.2) is 0 Å². The number of fused-ring (bicyclic) bond motifs is 1. The van der Waals surface area contributed by atoms with Gasteiger partial charge in [-0.05, 0) is 6.42 Å². The summed E-state index contributed by atoms with van der Waals surface area (Å²) >= 11 is 0. The number of hydroxylamine groups is 3. The van der Waals surface area contributed by atoms with Crippen LogP contribution in [-0.4, -0.2) is 11.2 Å². The quantitative estimate of drug-likeness (QED) is 0.532. The van der Waals surface area contributed by atoms with Crippen LogP contribution in [0.3, 0.4) is 0 Å². The van der Waals surface area contributed by atoms with Crippen LogP contribution < -0.4 is 0 Å². The van der Waals surface area contributed by atoms with Gasteiger partial charge in [-0.3, -0.25) is 0 Å². The maximum atomic E-state index is 12.3. The molecule has 0 aromatic heterocycles. The second-order valence-corrected chi connectivity index (χ2v) is 4.22. The second-order valence-electron chi connectivity index (χ2n) is 4.22. The summed E-state index contributed by atoms with van der Waals surface area (Å²) in [7, 11) is 0. The summed E-state index contributed by atoms with van der Waals surface area (Å²) in [6.45, 7) is 4.26. The smallest absolute Gasteiger partial charge is 0.105 e. The Kier molecular flexibility index (Phi) is 2.57. The molecule has 0 atom stereocenters. The molecule has 14 heavy (non-hydrogen) atoms. The number of quaternary nitrogens is 1. The molecule has 2 rings (SSSR count). The fourth-order valence-electron chi connectivity index (χ4n) is 2.15. The van der Waals surface area contributed by atoms with E-state index >= 15 is 0 Å². The molecule has 1 aromatic carbocycles. The maximum absolute atomic E-state index is 12.3. The molecule has 0 bridgehead atoms. The van der Waals surface area contributed by atoms with Crippen molar-refractivity contribution in [1.29, 1.82) is 0 Å². The van der Waals surface area contributed by atoms with Crippen molar-refractivity contribution in [2.45, 2.75) is 32.9 Å². The third kappa shape index (κ3) is 1.81. The van der Waals surface area contributed by atoms with Crippen LogP contribution in [0.1, 0.15) is 30.9 Å². The fraction of sp³-hybridized carbons (Fsp3) is 0.500. The number of benzene rings is 1. The highest BCUT2D eigenvalue weighted by Gasteiger charge is 2.27. The molecule has 1 heterocycles. The van der Waals surface area contributed by atoms with E-state index in [1.54, 1.807) is 0 Å². The van der Waals surface area contributed by atoms with Crippen molar-refractivity contribution < 1.29 is 4.65 Å². The predicted molar refractivity (Wildman–Crippen MR) is 57.3 cm³/mol. The zero-order chi connectivity index (χ0) is 10.0. The van der Waals surface area contributed by atoms with Gasteiger partial charge in [0.25, 0.3) is 0 Å². The van der Waals surface area contributed by atoms with E-state index in [-0.39, 0.29) is 4.65 Å². The molecule has 2 nitrogen and oxygen atoms in total. The van der Waals surface area contributed by atoms with Crippen LogP contribution in [0, 0.1) is 5.21 Å². The summed E-state index contributed by atoms with van der Waals surface area (Å²) in [6.07, 6.45) is 2.15. The Labute approximate surface area is 85.3 Å². The van der Waals surface area contributed by atoms with Gasteiger partial charge in [0.05, 0.1) is 6.54 Å². The van der Waals surface area contributed by atoms with Crippen LogP contribution in [0.25, 0.3) is 0 Å². The molecule has 76 valence electrons. The van der Waals surface area contributed by atoms with E-state index in [0.717, 1.165) is 19.4 Å². The summed E-state index contributed by atoms with van der Waals surface area (Å²) in [5.74, 6) is 0. The number of hydrogen-bond donors (Lipinski definition) is 0. The lowest BCUT2D eigenvalue weighted by Gasteiger charge is -2.38. The van der Waals surface area contributed by atoms with E-state index in [1.165, 1.54) is 11.1 Å². The standard InChI is InChI=1S/C12H17NO/c1-2-3-8-13(14)9-11-6-4-5-7-12(11)10-13/h4-7H,2-3,8-10H2,1H3. The molecule has 0 spiro atoms. The topological polar surface area (TPSA) is 23.1 Å². The lowest BCUT2D eigenvalue weighted by atomic mass is 10.1. The Morgan fingerprint density at radius 2 is 1.79 bits per heavy atom. The van der Waals surface area contributed by atoms with Crippen molar-refractivity contribution in [3.63, 3.8) is 0 Å². The lowest BCUT2D eigenvalue weighted by Crippen LogP contribution is -2.36. The van der Waals surface area contributed by atoms with Crippen LogP contribution in [0.15, 0.2) is 24.3 Å². The summed E-state index contributed by atoms with van der Waals surface area (Å²) in [4.78, 5) is 0. The van der Waals surface area contributed by atoms with Crippen molar-refractivity contribution in [3.05, 3.63) is 40.6 Å². The Bertz CT molecular complexity index is 297. The zero-order valence-electron chi connectivity index (χ0n) is 8.70. The van der Waals surface area contributed by atoms with Crippen molar-refractivity contribution in [2.24, 2.45) is 0 Å². The zero-order valence-corrected chi connectivity index (χ0v) is 8.70. The molecule has 0 saturated heterocycles. The average molecular weight is 191 g/mol. The largest absolute Gasteiger partial charge is 0.632 e. The molecule has 1 aliphatic heterocycles. The Balaban J connectivity index is 2.09. The SMILES string of the molecule is CCCC[N+]1([O-])Cc2ccccc2C1. The normalized spacial score (nSPS) is 18.1. The van der Waals surface area contributed by atoms with Crippen LogP contribution in [0.5, 0.6) is 0 Å². The number of nitrogens with zero attached hydrogens (tertiary/aromatic N) is 1. The van der Waals surface area contributed by atoms with Crippen LogP contribution in [-0.2, 0) is 13.1 Å². The van der Waals surface area contributed by atoms with Gasteiger partial charge >= 0.3 is 0 Å². The highest BCUT2D eigenvalue weighted by molar-refractivity contribution is 5.28. The maximum Gasteiger partial charge on any atom is 0.105 e. The van der Waals surface area contributed by atoms with Gasteiger partial charge in [-0.2, -0.15) is 0 Å². The minimum atomic E-state index is -0.0345. The number of unbranched alkanes of at least 4 members (excludes halogenated alkanes) is 1. The molecule has 0 aliphatic carbocycles. The first-order chi connectivity index (χ1) is 6.73. The van der Waals surface area contributed by atoms with Gasteiger partial charge < -0.3 is 9.85 Å².